The van der Waals surface area contributed by atoms with Crippen LogP contribution in [-0.4, -0.2) is 37.0 Å². The van der Waals surface area contributed by atoms with Gasteiger partial charge >= 0.3 is 0 Å². The molecule has 2 rings (SSSR count). The zero-order valence-corrected chi connectivity index (χ0v) is 14.1. The zero-order chi connectivity index (χ0) is 14.6. The second-order valence-corrected chi connectivity index (χ2v) is 8.54. The van der Waals surface area contributed by atoms with Crippen LogP contribution < -0.4 is 5.32 Å². The van der Waals surface area contributed by atoms with Crippen LogP contribution in [0.15, 0.2) is 22.9 Å². The number of halogens is 1. The van der Waals surface area contributed by atoms with Crippen LogP contribution >= 0.6 is 15.9 Å². The lowest BCUT2D eigenvalue weighted by molar-refractivity contribution is 0.440. The molecule has 0 saturated carbocycles. The van der Waals surface area contributed by atoms with E-state index in [0.717, 1.165) is 35.8 Å². The lowest BCUT2D eigenvalue weighted by Crippen LogP contribution is -2.47. The Morgan fingerprint density at radius 1 is 1.45 bits per heavy atom. The van der Waals surface area contributed by atoms with Gasteiger partial charge in [0.25, 0.3) is 0 Å². The number of pyridine rings is 1. The summed E-state index contributed by atoms with van der Waals surface area (Å²) in [6.07, 6.45) is 6.82. The fourth-order valence-electron chi connectivity index (χ4n) is 2.85. The highest BCUT2D eigenvalue weighted by molar-refractivity contribution is 9.10. The van der Waals surface area contributed by atoms with Crippen LogP contribution in [0.5, 0.6) is 0 Å². The van der Waals surface area contributed by atoms with E-state index in [0.29, 0.717) is 12.2 Å². The van der Waals surface area contributed by atoms with Crippen LogP contribution in [0.2, 0.25) is 0 Å². The number of nitrogens with zero attached hydrogens (tertiary/aromatic N) is 1. The topological polar surface area (TPSA) is 59.1 Å². The highest BCUT2D eigenvalue weighted by Crippen LogP contribution is 2.24. The first-order valence-corrected chi connectivity index (χ1v) is 9.58. The van der Waals surface area contributed by atoms with Crippen LogP contribution in [0, 0.1) is 0 Å². The normalized spacial score (nSPS) is 23.4. The van der Waals surface area contributed by atoms with Gasteiger partial charge in [-0.3, -0.25) is 4.98 Å². The van der Waals surface area contributed by atoms with Gasteiger partial charge < -0.3 is 5.32 Å². The number of likely N-dealkylation sites (N-methyl/N-ethyl adjacent to an activating group) is 1. The first-order chi connectivity index (χ1) is 9.53. The third kappa shape index (κ3) is 4.02. The molecule has 0 amide bonds. The standard InChI is InChI=1S/C14H21BrN2O2S/c1-2-17-13(8-11-7-12(15)10-16-9-11)14-5-3-4-6-20(14,18)19/h7,9-10,13-14,17H,2-6,8H2,1H3. The van der Waals surface area contributed by atoms with Gasteiger partial charge in [-0.25, -0.2) is 8.42 Å². The Morgan fingerprint density at radius 3 is 2.90 bits per heavy atom. The van der Waals surface area contributed by atoms with Crippen molar-refractivity contribution in [3.8, 4) is 0 Å². The Bertz CT molecular complexity index is 548. The molecule has 2 atom stereocenters. The molecule has 1 fully saturated rings. The number of hydrogen-bond acceptors (Lipinski definition) is 4. The molecule has 4 nitrogen and oxygen atoms in total. The van der Waals surface area contributed by atoms with E-state index < -0.39 is 9.84 Å². The van der Waals surface area contributed by atoms with Crippen molar-refractivity contribution >= 4 is 25.8 Å². The van der Waals surface area contributed by atoms with Crippen molar-refractivity contribution in [1.82, 2.24) is 10.3 Å². The maximum Gasteiger partial charge on any atom is 0.154 e. The van der Waals surface area contributed by atoms with Crippen molar-refractivity contribution in [3.05, 3.63) is 28.5 Å². The van der Waals surface area contributed by atoms with Gasteiger partial charge in [0.1, 0.15) is 0 Å². The molecule has 0 radical (unpaired) electrons. The SMILES string of the molecule is CCNC(Cc1cncc(Br)c1)C1CCCCS1(=O)=O. The molecule has 1 saturated heterocycles. The average molecular weight is 361 g/mol. The molecule has 20 heavy (non-hydrogen) atoms. The van der Waals surface area contributed by atoms with Gasteiger partial charge in [0, 0.05) is 22.9 Å². The summed E-state index contributed by atoms with van der Waals surface area (Å²) in [4.78, 5) is 4.15. The summed E-state index contributed by atoms with van der Waals surface area (Å²) in [5.74, 6) is 0.330. The Morgan fingerprint density at radius 2 is 2.25 bits per heavy atom. The van der Waals surface area contributed by atoms with E-state index in [-0.39, 0.29) is 11.3 Å². The number of aromatic nitrogens is 1. The van der Waals surface area contributed by atoms with E-state index in [1.165, 1.54) is 0 Å². The minimum Gasteiger partial charge on any atom is -0.313 e. The molecular weight excluding hydrogens is 340 g/mol. The van der Waals surface area contributed by atoms with Gasteiger partial charge in [-0.1, -0.05) is 13.3 Å². The van der Waals surface area contributed by atoms with Crippen molar-refractivity contribution in [1.29, 1.82) is 0 Å². The van der Waals surface area contributed by atoms with Crippen LogP contribution in [0.4, 0.5) is 0 Å². The van der Waals surface area contributed by atoms with Crippen molar-refractivity contribution in [2.75, 3.05) is 12.3 Å². The summed E-state index contributed by atoms with van der Waals surface area (Å²) in [6.45, 7) is 2.79. The quantitative estimate of drug-likeness (QED) is 0.875. The highest BCUT2D eigenvalue weighted by Gasteiger charge is 2.35. The van der Waals surface area contributed by atoms with Crippen molar-refractivity contribution in [2.24, 2.45) is 0 Å². The second kappa shape index (κ2) is 7.00. The molecule has 2 unspecified atom stereocenters. The Labute approximate surface area is 129 Å². The van der Waals surface area contributed by atoms with E-state index in [1.54, 1.807) is 6.20 Å². The molecule has 0 spiro atoms. The Hall–Kier alpha value is -0.460. The second-order valence-electron chi connectivity index (χ2n) is 5.28. The van der Waals surface area contributed by atoms with Gasteiger partial charge in [-0.2, -0.15) is 0 Å². The lowest BCUT2D eigenvalue weighted by atomic mass is 10.0. The van der Waals surface area contributed by atoms with Crippen molar-refractivity contribution in [2.45, 2.75) is 43.9 Å². The number of hydrogen-bond donors (Lipinski definition) is 1. The predicted octanol–water partition coefficient (Wildman–Crippen LogP) is 2.33. The first kappa shape index (κ1) is 15.9. The number of nitrogens with one attached hydrogen (secondary N) is 1. The molecule has 6 heteroatoms. The minimum atomic E-state index is -2.97. The van der Waals surface area contributed by atoms with Gasteiger partial charge in [0.2, 0.25) is 0 Å². The lowest BCUT2D eigenvalue weighted by Gasteiger charge is -2.30. The summed E-state index contributed by atoms with van der Waals surface area (Å²) < 4.78 is 25.5. The molecule has 1 aromatic rings. The molecule has 0 aliphatic carbocycles. The summed E-state index contributed by atoms with van der Waals surface area (Å²) >= 11 is 3.41. The Kier molecular flexibility index (Phi) is 5.57. The zero-order valence-electron chi connectivity index (χ0n) is 11.7. The van der Waals surface area contributed by atoms with Gasteiger partial charge in [-0.15, -0.1) is 0 Å². The van der Waals surface area contributed by atoms with Crippen molar-refractivity contribution < 1.29 is 8.42 Å². The summed E-state index contributed by atoms with van der Waals surface area (Å²) in [5, 5.41) is 3.09. The van der Waals surface area contributed by atoms with Gasteiger partial charge in [-0.05, 0) is 53.4 Å². The van der Waals surface area contributed by atoms with Crippen LogP contribution in [0.1, 0.15) is 31.7 Å². The number of rotatable bonds is 5. The van der Waals surface area contributed by atoms with Crippen molar-refractivity contribution in [3.63, 3.8) is 0 Å². The molecule has 1 aliphatic heterocycles. The summed E-state index contributed by atoms with van der Waals surface area (Å²) in [6, 6.07) is 1.98. The van der Waals surface area contributed by atoms with Crippen LogP contribution in [0.3, 0.4) is 0 Å². The molecule has 112 valence electrons. The number of sulfone groups is 1. The maximum absolute atomic E-state index is 12.3. The molecular formula is C14H21BrN2O2S. The molecule has 0 bridgehead atoms. The van der Waals surface area contributed by atoms with Crippen LogP contribution in [0.25, 0.3) is 0 Å². The minimum absolute atomic E-state index is 0.0265. The summed E-state index contributed by atoms with van der Waals surface area (Å²) in [5.41, 5.74) is 1.06. The fraction of sp³-hybridized carbons (Fsp3) is 0.643. The molecule has 0 aromatic carbocycles. The smallest absolute Gasteiger partial charge is 0.154 e. The molecule has 1 aromatic heterocycles. The Balaban J connectivity index is 2.18. The third-order valence-electron chi connectivity index (χ3n) is 3.76. The molecule has 1 aliphatic rings. The monoisotopic (exact) mass is 360 g/mol. The molecule has 1 N–H and O–H groups in total. The van der Waals surface area contributed by atoms with Gasteiger partial charge in [0.05, 0.1) is 11.0 Å². The molecule has 2 heterocycles. The average Bonchev–Trinajstić information content (AvgIpc) is 2.38. The largest absolute Gasteiger partial charge is 0.313 e. The first-order valence-electron chi connectivity index (χ1n) is 7.07. The van der Waals surface area contributed by atoms with E-state index in [9.17, 15) is 8.42 Å². The summed E-state index contributed by atoms with van der Waals surface area (Å²) in [7, 11) is -2.97. The fourth-order valence-corrected chi connectivity index (χ4v) is 5.39. The highest BCUT2D eigenvalue weighted by atomic mass is 79.9. The van der Waals surface area contributed by atoms with E-state index in [4.69, 9.17) is 0 Å². The van der Waals surface area contributed by atoms with E-state index in [1.807, 2.05) is 19.2 Å². The maximum atomic E-state index is 12.3. The third-order valence-corrected chi connectivity index (χ3v) is 6.54. The van der Waals surface area contributed by atoms with E-state index >= 15 is 0 Å². The van der Waals surface area contributed by atoms with Crippen LogP contribution in [-0.2, 0) is 16.3 Å². The van der Waals surface area contributed by atoms with E-state index in [2.05, 4.69) is 26.2 Å². The predicted molar refractivity (Wildman–Crippen MR) is 84.5 cm³/mol. The van der Waals surface area contributed by atoms with Gasteiger partial charge in [0.15, 0.2) is 9.84 Å².